The molecule has 6 heteroatoms. The maximum absolute atomic E-state index is 11.2. The summed E-state index contributed by atoms with van der Waals surface area (Å²) >= 11 is 3.46. The van der Waals surface area contributed by atoms with Gasteiger partial charge in [-0.25, -0.2) is 4.79 Å². The fraction of sp³-hybridized carbons (Fsp3) is 0.400. The van der Waals surface area contributed by atoms with Gasteiger partial charge in [-0.05, 0) is 42.0 Å². The van der Waals surface area contributed by atoms with Gasteiger partial charge in [0, 0.05) is 23.5 Å². The van der Waals surface area contributed by atoms with Crippen molar-refractivity contribution < 1.29 is 9.90 Å². The Morgan fingerprint density at radius 2 is 2.14 bits per heavy atom. The summed E-state index contributed by atoms with van der Waals surface area (Å²) < 4.78 is 1.11. The molecule has 1 saturated carbocycles. The van der Waals surface area contributed by atoms with Crippen LogP contribution < -0.4 is 5.32 Å². The van der Waals surface area contributed by atoms with Crippen molar-refractivity contribution in [3.05, 3.63) is 27.7 Å². The van der Waals surface area contributed by atoms with E-state index in [0.29, 0.717) is 17.4 Å². The number of amides is 2. The average Bonchev–Trinajstić information content (AvgIpc) is 3.13. The Bertz CT molecular complexity index is 663. The highest BCUT2D eigenvalue weighted by Gasteiger charge is 2.29. The highest BCUT2D eigenvalue weighted by atomic mass is 79.9. The molecule has 1 aromatic rings. The molecule has 0 unspecified atom stereocenters. The molecule has 0 aliphatic heterocycles. The minimum absolute atomic E-state index is 0.350. The normalized spacial score (nSPS) is 18.0. The Hall–Kier alpha value is -1.69. The lowest BCUT2D eigenvalue weighted by Gasteiger charge is -2.27. The summed E-state index contributed by atoms with van der Waals surface area (Å²) in [5.41, 5.74) is 3.43. The lowest BCUT2D eigenvalue weighted by atomic mass is 9.79. The summed E-state index contributed by atoms with van der Waals surface area (Å²) in [6.07, 6.45) is 4.22. The number of aromatic hydroxyl groups is 1. The first-order chi connectivity index (χ1) is 10.1. The molecule has 3 rings (SSSR count). The molecule has 0 saturated heterocycles. The third-order valence-corrected chi connectivity index (χ3v) is 4.76. The molecule has 0 bridgehead atoms. The fourth-order valence-electron chi connectivity index (χ4n) is 2.46. The molecule has 2 N–H and O–H groups in total. The van der Waals surface area contributed by atoms with Crippen molar-refractivity contribution in [3.63, 3.8) is 0 Å². The van der Waals surface area contributed by atoms with Gasteiger partial charge in [-0.15, -0.1) is 5.11 Å². The van der Waals surface area contributed by atoms with Crippen molar-refractivity contribution in [2.75, 3.05) is 7.05 Å². The number of phenolic OH excluding ortho intramolecular Hbond substituents is 1. The largest absolute Gasteiger partial charge is 0.507 e. The minimum atomic E-state index is -0.485. The van der Waals surface area contributed by atoms with Gasteiger partial charge in [-0.3, -0.25) is 0 Å². The standard InChI is InChI=1S/C15H16BrN3O2/c1-17-15(21)19-18-9-5-10(8-3-2-4-8)14(20)12(6-9)11-7-13(11)16/h5-6,8,20H,2-4,7H2,1H3,(H,17,21). The van der Waals surface area contributed by atoms with E-state index in [1.54, 1.807) is 6.07 Å². The third-order valence-electron chi connectivity index (χ3n) is 4.00. The quantitative estimate of drug-likeness (QED) is 0.783. The van der Waals surface area contributed by atoms with Gasteiger partial charge in [0.1, 0.15) is 5.75 Å². The molecule has 0 radical (unpaired) electrons. The van der Waals surface area contributed by atoms with Gasteiger partial charge in [0.25, 0.3) is 0 Å². The number of nitrogens with one attached hydrogen (secondary N) is 1. The number of phenols is 1. The average molecular weight is 350 g/mol. The number of hydrogen-bond donors (Lipinski definition) is 2. The second-order valence-electron chi connectivity index (χ2n) is 5.37. The van der Waals surface area contributed by atoms with Crippen molar-refractivity contribution in [2.24, 2.45) is 10.2 Å². The number of azo groups is 1. The van der Waals surface area contributed by atoms with Crippen molar-refractivity contribution in [2.45, 2.75) is 31.6 Å². The minimum Gasteiger partial charge on any atom is -0.507 e. The molecule has 2 aliphatic rings. The summed E-state index contributed by atoms with van der Waals surface area (Å²) in [6, 6.07) is 3.14. The number of benzene rings is 1. The van der Waals surface area contributed by atoms with Crippen LogP contribution in [0.3, 0.4) is 0 Å². The topological polar surface area (TPSA) is 74.0 Å². The summed E-state index contributed by atoms with van der Waals surface area (Å²) in [5, 5.41) is 20.5. The van der Waals surface area contributed by atoms with Crippen LogP contribution in [-0.4, -0.2) is 18.2 Å². The van der Waals surface area contributed by atoms with Gasteiger partial charge in [0.2, 0.25) is 0 Å². The van der Waals surface area contributed by atoms with Crippen molar-refractivity contribution >= 4 is 33.2 Å². The first-order valence-electron chi connectivity index (χ1n) is 6.98. The monoisotopic (exact) mass is 349 g/mol. The van der Waals surface area contributed by atoms with E-state index in [4.69, 9.17) is 0 Å². The summed E-state index contributed by atoms with van der Waals surface area (Å²) in [4.78, 5) is 11.2. The predicted octanol–water partition coefficient (Wildman–Crippen LogP) is 4.59. The number of urea groups is 1. The predicted molar refractivity (Wildman–Crippen MR) is 84.1 cm³/mol. The highest BCUT2D eigenvalue weighted by Crippen LogP contribution is 2.51. The zero-order valence-corrected chi connectivity index (χ0v) is 13.3. The van der Waals surface area contributed by atoms with Crippen LogP contribution in [0.1, 0.15) is 42.7 Å². The summed E-state index contributed by atoms with van der Waals surface area (Å²) in [7, 11) is 1.51. The van der Waals surface area contributed by atoms with E-state index in [-0.39, 0.29) is 0 Å². The smallest absolute Gasteiger partial charge is 0.359 e. The Morgan fingerprint density at radius 3 is 2.67 bits per heavy atom. The molecule has 2 aliphatic carbocycles. The second kappa shape index (κ2) is 5.60. The molecule has 1 aromatic carbocycles. The number of hydrogen-bond acceptors (Lipinski definition) is 3. The highest BCUT2D eigenvalue weighted by molar-refractivity contribution is 9.12. The zero-order chi connectivity index (χ0) is 15.0. The van der Waals surface area contributed by atoms with Crippen LogP contribution in [0.15, 0.2) is 26.8 Å². The van der Waals surface area contributed by atoms with Crippen LogP contribution in [0.2, 0.25) is 0 Å². The van der Waals surface area contributed by atoms with Crippen LogP contribution in [0, 0.1) is 0 Å². The summed E-state index contributed by atoms with van der Waals surface area (Å²) in [5.74, 6) is 0.736. The van der Waals surface area contributed by atoms with Crippen LogP contribution in [0.4, 0.5) is 10.5 Å². The van der Waals surface area contributed by atoms with E-state index in [1.807, 2.05) is 6.07 Å². The zero-order valence-electron chi connectivity index (χ0n) is 11.7. The van der Waals surface area contributed by atoms with Gasteiger partial charge < -0.3 is 10.4 Å². The molecule has 2 amide bonds. The van der Waals surface area contributed by atoms with Crippen molar-refractivity contribution in [1.29, 1.82) is 0 Å². The maximum atomic E-state index is 11.2. The van der Waals surface area contributed by atoms with Crippen LogP contribution in [0.5, 0.6) is 5.75 Å². The Kier molecular flexibility index (Phi) is 3.80. The molecule has 5 nitrogen and oxygen atoms in total. The molecular weight excluding hydrogens is 334 g/mol. The van der Waals surface area contributed by atoms with E-state index in [9.17, 15) is 9.90 Å². The fourth-order valence-corrected chi connectivity index (χ4v) is 2.96. The third kappa shape index (κ3) is 2.85. The van der Waals surface area contributed by atoms with Crippen LogP contribution in [-0.2, 0) is 0 Å². The molecule has 110 valence electrons. The number of carbonyl (C=O) groups excluding carboxylic acids is 1. The van der Waals surface area contributed by atoms with E-state index < -0.39 is 6.03 Å². The first-order valence-corrected chi connectivity index (χ1v) is 7.77. The molecular formula is C15H16BrN3O2. The number of rotatable bonds is 3. The lowest BCUT2D eigenvalue weighted by molar-refractivity contribution is 0.250. The Balaban J connectivity index is 2.00. The number of carbonyl (C=O) groups is 1. The molecule has 0 atom stereocenters. The van der Waals surface area contributed by atoms with Crippen LogP contribution in [0.25, 0.3) is 5.57 Å². The number of nitrogens with zero attached hydrogens (tertiary/aromatic N) is 2. The number of halogens is 1. The van der Waals surface area contributed by atoms with E-state index in [2.05, 4.69) is 31.5 Å². The molecule has 0 aromatic heterocycles. The summed E-state index contributed by atoms with van der Waals surface area (Å²) in [6.45, 7) is 0. The Morgan fingerprint density at radius 1 is 1.43 bits per heavy atom. The van der Waals surface area contributed by atoms with E-state index >= 15 is 0 Å². The number of allylic oxidation sites excluding steroid dienone is 2. The van der Waals surface area contributed by atoms with E-state index in [0.717, 1.165) is 40.4 Å². The SMILES string of the molecule is CNC(=O)N=Nc1cc(C2=C(Br)C2)c(O)c(C2CCC2)c1. The Labute approximate surface area is 131 Å². The molecule has 1 fully saturated rings. The van der Waals surface area contributed by atoms with Crippen molar-refractivity contribution in [3.8, 4) is 5.75 Å². The molecule has 21 heavy (non-hydrogen) atoms. The van der Waals surface area contributed by atoms with Gasteiger partial charge in [0.15, 0.2) is 0 Å². The first kappa shape index (κ1) is 14.3. The molecule has 0 spiro atoms. The second-order valence-corrected chi connectivity index (χ2v) is 6.33. The van der Waals surface area contributed by atoms with Crippen molar-refractivity contribution in [1.82, 2.24) is 5.32 Å². The van der Waals surface area contributed by atoms with Gasteiger partial charge in [-0.2, -0.15) is 0 Å². The van der Waals surface area contributed by atoms with Gasteiger partial charge in [0.05, 0.1) is 5.69 Å². The lowest BCUT2D eigenvalue weighted by Crippen LogP contribution is -2.11. The van der Waals surface area contributed by atoms with Crippen LogP contribution >= 0.6 is 15.9 Å². The molecule has 0 heterocycles. The maximum Gasteiger partial charge on any atom is 0.359 e. The van der Waals surface area contributed by atoms with E-state index in [1.165, 1.54) is 13.5 Å². The van der Waals surface area contributed by atoms with Gasteiger partial charge >= 0.3 is 6.03 Å². The van der Waals surface area contributed by atoms with Gasteiger partial charge in [-0.1, -0.05) is 27.5 Å².